The minimum atomic E-state index is -4.78. The number of alkyl halides is 3. The van der Waals surface area contributed by atoms with Crippen molar-refractivity contribution in [1.29, 1.82) is 0 Å². The molecule has 0 aliphatic rings. The molecule has 0 spiro atoms. The van der Waals surface area contributed by atoms with Gasteiger partial charge in [0.2, 0.25) is 0 Å². The molecule has 0 aliphatic carbocycles. The minimum absolute atomic E-state index is 0.00505. The van der Waals surface area contributed by atoms with Gasteiger partial charge in [-0.05, 0) is 30.7 Å². The fraction of sp³-hybridized carbons (Fsp3) is 0.150. The zero-order chi connectivity index (χ0) is 24.0. The largest absolute Gasteiger partial charge is 0.435 e. The van der Waals surface area contributed by atoms with Crippen molar-refractivity contribution in [2.24, 2.45) is 0 Å². The van der Waals surface area contributed by atoms with E-state index in [4.69, 9.17) is 4.55 Å². The molecule has 3 heterocycles. The summed E-state index contributed by atoms with van der Waals surface area (Å²) in [7, 11) is -4.60. The van der Waals surface area contributed by atoms with Gasteiger partial charge in [0.1, 0.15) is 5.82 Å². The number of hydrogen-bond donors (Lipinski definition) is 1. The number of rotatable bonds is 5. The Morgan fingerprint density at radius 2 is 1.91 bits per heavy atom. The number of halogens is 4. The summed E-state index contributed by atoms with van der Waals surface area (Å²) in [5, 5.41) is 3.03. The molecule has 0 saturated heterocycles. The molecule has 1 N–H and O–H groups in total. The summed E-state index contributed by atoms with van der Waals surface area (Å²) in [5.41, 5.74) is 0.596. The van der Waals surface area contributed by atoms with Gasteiger partial charge in [0.15, 0.2) is 10.7 Å². The molecule has 4 aromatic rings. The Kier molecular flexibility index (Phi) is 5.80. The molecule has 7 nitrogen and oxygen atoms in total. The van der Waals surface area contributed by atoms with E-state index < -0.39 is 32.8 Å². The Hall–Kier alpha value is -3.16. The van der Waals surface area contributed by atoms with E-state index in [1.165, 1.54) is 42.1 Å². The maximum absolute atomic E-state index is 14.9. The fourth-order valence-corrected chi connectivity index (χ4v) is 4.43. The summed E-state index contributed by atoms with van der Waals surface area (Å²) in [5.74, 6) is -0.653. The molecule has 0 fully saturated rings. The van der Waals surface area contributed by atoms with E-state index in [0.29, 0.717) is 4.88 Å². The van der Waals surface area contributed by atoms with Crippen LogP contribution in [-0.4, -0.2) is 32.7 Å². The molecule has 0 aliphatic heterocycles. The lowest BCUT2D eigenvalue weighted by molar-refractivity contribution is -0.141. The lowest BCUT2D eigenvalue weighted by Crippen LogP contribution is -2.09. The molecule has 0 atom stereocenters. The summed E-state index contributed by atoms with van der Waals surface area (Å²) in [6.45, 7) is 1.52. The zero-order valence-electron chi connectivity index (χ0n) is 16.7. The van der Waals surface area contributed by atoms with Gasteiger partial charge in [-0.25, -0.2) is 14.1 Å². The van der Waals surface area contributed by atoms with Crippen LogP contribution in [0.15, 0.2) is 53.3 Å². The van der Waals surface area contributed by atoms with E-state index in [2.05, 4.69) is 15.1 Å². The van der Waals surface area contributed by atoms with Crippen LogP contribution in [0.3, 0.4) is 0 Å². The number of aromatic nitrogens is 4. The third-order valence-electron chi connectivity index (χ3n) is 4.78. The molecule has 4 rings (SSSR count). The van der Waals surface area contributed by atoms with Gasteiger partial charge < -0.3 is 0 Å². The maximum atomic E-state index is 14.9. The van der Waals surface area contributed by atoms with Crippen molar-refractivity contribution in [1.82, 2.24) is 19.7 Å². The van der Waals surface area contributed by atoms with E-state index in [1.54, 1.807) is 0 Å². The van der Waals surface area contributed by atoms with Crippen LogP contribution in [0.4, 0.5) is 17.6 Å². The predicted molar refractivity (Wildman–Crippen MR) is 112 cm³/mol. The van der Waals surface area contributed by atoms with Crippen LogP contribution >= 0.6 is 11.3 Å². The van der Waals surface area contributed by atoms with Crippen LogP contribution in [0.1, 0.15) is 18.2 Å². The smallest absolute Gasteiger partial charge is 0.281 e. The first-order chi connectivity index (χ1) is 15.5. The second-order valence-electron chi connectivity index (χ2n) is 6.83. The third kappa shape index (κ3) is 4.38. The molecule has 0 bridgehead atoms. The van der Waals surface area contributed by atoms with E-state index in [1.807, 2.05) is 0 Å². The summed E-state index contributed by atoms with van der Waals surface area (Å²) in [6.07, 6.45) is -2.40. The average molecular weight is 498 g/mol. The number of benzene rings is 1. The first kappa shape index (κ1) is 23.0. The van der Waals surface area contributed by atoms with Gasteiger partial charge in [0.05, 0.1) is 28.0 Å². The topological polar surface area (TPSA) is 98.0 Å². The van der Waals surface area contributed by atoms with Gasteiger partial charge in [-0.2, -0.15) is 26.7 Å². The zero-order valence-corrected chi connectivity index (χ0v) is 18.3. The summed E-state index contributed by atoms with van der Waals surface area (Å²) < 4.78 is 88.6. The molecule has 3 aromatic heterocycles. The Morgan fingerprint density at radius 1 is 1.15 bits per heavy atom. The predicted octanol–water partition coefficient (Wildman–Crippen LogP) is 5.02. The molecular formula is C20H14F4N4O3S2. The van der Waals surface area contributed by atoms with Crippen molar-refractivity contribution >= 4 is 21.5 Å². The number of nitrogens with zero attached hydrogens (tertiary/aromatic N) is 4. The quantitative estimate of drug-likeness (QED) is 0.306. The van der Waals surface area contributed by atoms with Gasteiger partial charge in [0.25, 0.3) is 0 Å². The van der Waals surface area contributed by atoms with Crippen molar-refractivity contribution in [2.75, 3.05) is 0 Å². The fourth-order valence-electron chi connectivity index (χ4n) is 3.36. The van der Waals surface area contributed by atoms with E-state index >= 15 is 0 Å². The van der Waals surface area contributed by atoms with Gasteiger partial charge >= 0.3 is 16.3 Å². The van der Waals surface area contributed by atoms with Crippen molar-refractivity contribution in [3.63, 3.8) is 0 Å². The minimum Gasteiger partial charge on any atom is -0.281 e. The van der Waals surface area contributed by atoms with Gasteiger partial charge in [-0.1, -0.05) is 13.0 Å². The van der Waals surface area contributed by atoms with Crippen LogP contribution in [0.2, 0.25) is 0 Å². The molecule has 0 unspecified atom stereocenters. The number of thiazole rings is 1. The monoisotopic (exact) mass is 498 g/mol. The third-order valence-corrected chi connectivity index (χ3v) is 6.35. The molecular weight excluding hydrogens is 484 g/mol. The van der Waals surface area contributed by atoms with E-state index in [9.17, 15) is 26.0 Å². The normalized spacial score (nSPS) is 12.3. The van der Waals surface area contributed by atoms with Gasteiger partial charge in [-0.3, -0.25) is 9.54 Å². The van der Waals surface area contributed by atoms with Crippen LogP contribution in [-0.2, 0) is 22.7 Å². The van der Waals surface area contributed by atoms with Crippen molar-refractivity contribution in [3.05, 3.63) is 65.3 Å². The van der Waals surface area contributed by atoms with Crippen molar-refractivity contribution in [2.45, 2.75) is 24.5 Å². The number of pyridine rings is 1. The van der Waals surface area contributed by atoms with Crippen LogP contribution in [0, 0.1) is 5.82 Å². The molecule has 0 saturated carbocycles. The molecule has 13 heteroatoms. The molecule has 0 amide bonds. The first-order valence-corrected chi connectivity index (χ1v) is 11.6. The highest BCUT2D eigenvalue weighted by Crippen LogP contribution is 2.39. The van der Waals surface area contributed by atoms with Crippen LogP contribution in [0.25, 0.3) is 27.4 Å². The highest BCUT2D eigenvalue weighted by molar-refractivity contribution is 7.85. The Morgan fingerprint density at radius 3 is 2.42 bits per heavy atom. The molecule has 0 radical (unpaired) electrons. The SMILES string of the molecule is CCc1c(C(F)(F)F)nn(-c2ccc(S(=O)(=O)O)nc2)c1-c1ccc(-c2cncs2)c(F)c1. The Labute approximate surface area is 189 Å². The highest BCUT2D eigenvalue weighted by atomic mass is 32.2. The van der Waals surface area contributed by atoms with E-state index in [-0.39, 0.29) is 34.5 Å². The lowest BCUT2D eigenvalue weighted by atomic mass is 10.0. The maximum Gasteiger partial charge on any atom is 0.435 e. The molecule has 172 valence electrons. The van der Waals surface area contributed by atoms with Gasteiger partial charge in [-0.15, -0.1) is 11.3 Å². The molecule has 1 aromatic carbocycles. The Balaban J connectivity index is 1.93. The second kappa shape index (κ2) is 8.32. The summed E-state index contributed by atoms with van der Waals surface area (Å²) in [6, 6.07) is 6.12. The standard InChI is InChI=1S/C20H14F4N4O3S2/c1-2-13-18(11-3-5-14(15(21)7-11)16-9-25-10-32-16)28(27-19(13)20(22,23)24)12-4-6-17(26-8-12)33(29,30)31/h3-10H,2H2,1H3,(H,29,30,31). The van der Waals surface area contributed by atoms with Crippen LogP contribution in [0.5, 0.6) is 0 Å². The number of hydrogen-bond acceptors (Lipinski definition) is 6. The molecule has 33 heavy (non-hydrogen) atoms. The highest BCUT2D eigenvalue weighted by Gasteiger charge is 2.39. The van der Waals surface area contributed by atoms with Gasteiger partial charge in [0, 0.05) is 22.9 Å². The first-order valence-electron chi connectivity index (χ1n) is 9.32. The van der Waals surface area contributed by atoms with Crippen LogP contribution < -0.4 is 0 Å². The summed E-state index contributed by atoms with van der Waals surface area (Å²) in [4.78, 5) is 8.05. The van der Waals surface area contributed by atoms with E-state index in [0.717, 1.165) is 29.1 Å². The van der Waals surface area contributed by atoms with Crippen molar-refractivity contribution in [3.8, 4) is 27.4 Å². The van der Waals surface area contributed by atoms with Crippen molar-refractivity contribution < 1.29 is 30.5 Å². The lowest BCUT2D eigenvalue weighted by Gasteiger charge is -2.11. The second-order valence-corrected chi connectivity index (χ2v) is 9.08. The average Bonchev–Trinajstić information content (AvgIpc) is 3.40. The Bertz CT molecular complexity index is 1420. The summed E-state index contributed by atoms with van der Waals surface area (Å²) >= 11 is 1.22.